The Morgan fingerprint density at radius 1 is 0.550 bits per heavy atom. The van der Waals surface area contributed by atoms with Crippen molar-refractivity contribution in [3.8, 4) is 0 Å². The van der Waals surface area contributed by atoms with Crippen molar-refractivity contribution < 1.29 is 19.4 Å². The molecule has 0 fully saturated rings. The summed E-state index contributed by atoms with van der Waals surface area (Å²) in [5, 5.41) is 8.77. The van der Waals surface area contributed by atoms with Crippen molar-refractivity contribution in [1.82, 2.24) is 0 Å². The lowest BCUT2D eigenvalue weighted by Crippen LogP contribution is -2.17. The molecule has 0 saturated carbocycles. The van der Waals surface area contributed by atoms with Gasteiger partial charge in [-0.05, 0) is 44.9 Å². The number of carboxylic acid groups (broad SMARTS) is 1. The van der Waals surface area contributed by atoms with Crippen LogP contribution in [0, 0.1) is 0 Å². The lowest BCUT2D eigenvalue weighted by molar-refractivity contribution is -0.143. The molecule has 0 aliphatic carbocycles. The van der Waals surface area contributed by atoms with Gasteiger partial charge in [0.05, 0.1) is 0 Å². The van der Waals surface area contributed by atoms with Crippen molar-refractivity contribution in [3.63, 3.8) is 0 Å². The van der Waals surface area contributed by atoms with Gasteiger partial charge in [-0.25, -0.2) is 4.79 Å². The maximum atomic E-state index is 12.5. The Labute approximate surface area is 249 Å². The Kier molecular flexibility index (Phi) is 31.1. The Morgan fingerprint density at radius 3 is 1.35 bits per heavy atom. The number of ether oxygens (including phenoxy) is 1. The van der Waals surface area contributed by atoms with Crippen molar-refractivity contribution >= 4 is 11.9 Å². The van der Waals surface area contributed by atoms with Crippen LogP contribution in [0.2, 0.25) is 0 Å². The topological polar surface area (TPSA) is 63.6 Å². The van der Waals surface area contributed by atoms with Crippen molar-refractivity contribution in [3.05, 3.63) is 12.2 Å². The molecule has 0 radical (unpaired) electrons. The highest BCUT2D eigenvalue weighted by molar-refractivity contribution is 5.82. The summed E-state index contributed by atoms with van der Waals surface area (Å²) in [5.74, 6) is -0.882. The van der Waals surface area contributed by atoms with E-state index >= 15 is 0 Å². The first kappa shape index (κ1) is 38.7. The quantitative estimate of drug-likeness (QED) is 0.0501. The summed E-state index contributed by atoms with van der Waals surface area (Å²) in [6.45, 7) is 4.53. The molecular formula is C36H68O4. The van der Waals surface area contributed by atoms with Gasteiger partial charge < -0.3 is 9.84 Å². The third-order valence-electron chi connectivity index (χ3n) is 8.06. The van der Waals surface area contributed by atoms with Crippen LogP contribution in [0.15, 0.2) is 12.2 Å². The van der Waals surface area contributed by atoms with Crippen molar-refractivity contribution in [2.24, 2.45) is 0 Å². The molecule has 1 atom stereocenters. The summed E-state index contributed by atoms with van der Waals surface area (Å²) < 4.78 is 5.87. The summed E-state index contributed by atoms with van der Waals surface area (Å²) in [6, 6.07) is 0. The fraction of sp³-hybridized carbons (Fsp3) is 0.889. The predicted molar refractivity (Wildman–Crippen MR) is 172 cm³/mol. The molecule has 0 aliphatic rings. The van der Waals surface area contributed by atoms with Gasteiger partial charge in [0.1, 0.15) is 6.10 Å². The van der Waals surface area contributed by atoms with E-state index in [1.807, 2.05) is 6.08 Å². The van der Waals surface area contributed by atoms with E-state index in [2.05, 4.69) is 13.8 Å². The van der Waals surface area contributed by atoms with Crippen LogP contribution in [-0.2, 0) is 14.3 Å². The zero-order valence-corrected chi connectivity index (χ0v) is 26.9. The van der Waals surface area contributed by atoms with E-state index in [4.69, 9.17) is 9.84 Å². The largest absolute Gasteiger partial charge is 0.481 e. The Balaban J connectivity index is 3.99. The van der Waals surface area contributed by atoms with E-state index < -0.39 is 5.97 Å². The molecule has 0 heterocycles. The molecule has 0 bridgehead atoms. The number of hydrogen-bond donors (Lipinski definition) is 1. The molecule has 40 heavy (non-hydrogen) atoms. The molecule has 0 amide bonds. The molecule has 0 aromatic rings. The minimum atomic E-state index is -0.705. The molecule has 1 N–H and O–H groups in total. The number of allylic oxidation sites excluding steroid dienone is 1. The number of hydrogen-bond acceptors (Lipinski definition) is 3. The second-order valence-corrected chi connectivity index (χ2v) is 12.1. The summed E-state index contributed by atoms with van der Waals surface area (Å²) in [4.78, 5) is 23.1. The standard InChI is InChI=1S/C36H68O4/c1-3-5-7-9-11-12-13-14-15-16-17-18-20-25-29-33-36(39)40-34(30-26-22-19-10-8-6-4-2)31-27-23-21-24-28-32-35(37)38/h29,33-34H,3-28,30-32H2,1-2H3,(H,37,38)/b33-29+. The molecule has 0 aromatic carbocycles. The van der Waals surface area contributed by atoms with Gasteiger partial charge in [-0.3, -0.25) is 4.79 Å². The highest BCUT2D eigenvalue weighted by Gasteiger charge is 2.12. The van der Waals surface area contributed by atoms with Crippen molar-refractivity contribution in [2.45, 2.75) is 206 Å². The second-order valence-electron chi connectivity index (χ2n) is 12.1. The molecule has 0 aromatic heterocycles. The third kappa shape index (κ3) is 31.2. The average molecular weight is 565 g/mol. The summed E-state index contributed by atoms with van der Waals surface area (Å²) in [6.07, 6.45) is 38.3. The molecule has 0 saturated heterocycles. The van der Waals surface area contributed by atoms with Gasteiger partial charge in [0, 0.05) is 12.5 Å². The van der Waals surface area contributed by atoms with Gasteiger partial charge in [0.2, 0.25) is 0 Å². The zero-order valence-electron chi connectivity index (χ0n) is 26.9. The van der Waals surface area contributed by atoms with Crippen LogP contribution in [0.25, 0.3) is 0 Å². The van der Waals surface area contributed by atoms with Crippen molar-refractivity contribution in [1.29, 1.82) is 0 Å². The van der Waals surface area contributed by atoms with Gasteiger partial charge >= 0.3 is 11.9 Å². The van der Waals surface area contributed by atoms with E-state index in [0.29, 0.717) is 0 Å². The average Bonchev–Trinajstić information content (AvgIpc) is 2.93. The first-order valence-corrected chi connectivity index (χ1v) is 17.7. The van der Waals surface area contributed by atoms with Crippen molar-refractivity contribution in [2.75, 3.05) is 0 Å². The molecular weight excluding hydrogens is 496 g/mol. The summed E-state index contributed by atoms with van der Waals surface area (Å²) in [7, 11) is 0. The van der Waals surface area contributed by atoms with Gasteiger partial charge in [-0.15, -0.1) is 0 Å². The molecule has 4 nitrogen and oxygen atoms in total. The normalized spacial score (nSPS) is 12.2. The summed E-state index contributed by atoms with van der Waals surface area (Å²) in [5.41, 5.74) is 0. The number of esters is 1. The number of carboxylic acids is 1. The fourth-order valence-electron chi connectivity index (χ4n) is 5.43. The van der Waals surface area contributed by atoms with E-state index in [-0.39, 0.29) is 18.5 Å². The number of rotatable bonds is 32. The molecule has 0 rings (SSSR count). The molecule has 236 valence electrons. The van der Waals surface area contributed by atoms with Crippen LogP contribution < -0.4 is 0 Å². The number of aliphatic carboxylic acids is 1. The Bertz CT molecular complexity index is 571. The van der Waals surface area contributed by atoms with E-state index in [0.717, 1.165) is 64.2 Å². The second kappa shape index (κ2) is 32.2. The molecule has 0 aliphatic heterocycles. The Morgan fingerprint density at radius 2 is 0.925 bits per heavy atom. The minimum absolute atomic E-state index is 0.0168. The highest BCUT2D eigenvalue weighted by atomic mass is 16.5. The molecule has 0 spiro atoms. The van der Waals surface area contributed by atoms with E-state index in [9.17, 15) is 9.59 Å². The lowest BCUT2D eigenvalue weighted by Gasteiger charge is -2.17. The van der Waals surface area contributed by atoms with Crippen LogP contribution in [-0.4, -0.2) is 23.1 Å². The van der Waals surface area contributed by atoms with Gasteiger partial charge in [0.25, 0.3) is 0 Å². The first-order chi connectivity index (χ1) is 19.6. The highest BCUT2D eigenvalue weighted by Crippen LogP contribution is 2.18. The van der Waals surface area contributed by atoms with Crippen LogP contribution in [0.3, 0.4) is 0 Å². The van der Waals surface area contributed by atoms with Crippen LogP contribution in [0.5, 0.6) is 0 Å². The molecule has 1 unspecified atom stereocenters. The SMILES string of the molecule is CCCCCCCCCCCCCCC/C=C/C(=O)OC(CCCCCCCCC)CCCCCCCC(=O)O. The Hall–Kier alpha value is -1.32. The minimum Gasteiger partial charge on any atom is -0.481 e. The van der Waals surface area contributed by atoms with Gasteiger partial charge in [-0.2, -0.15) is 0 Å². The van der Waals surface area contributed by atoms with Crippen LogP contribution in [0.1, 0.15) is 200 Å². The van der Waals surface area contributed by atoms with E-state index in [1.54, 1.807) is 6.08 Å². The third-order valence-corrected chi connectivity index (χ3v) is 8.06. The number of carbonyl (C=O) groups is 2. The molecule has 4 heteroatoms. The predicted octanol–water partition coefficient (Wildman–Crippen LogP) is 11.9. The number of unbranched alkanes of at least 4 members (excludes halogenated alkanes) is 23. The zero-order chi connectivity index (χ0) is 29.4. The monoisotopic (exact) mass is 565 g/mol. The van der Waals surface area contributed by atoms with Gasteiger partial charge in [-0.1, -0.05) is 155 Å². The fourth-order valence-corrected chi connectivity index (χ4v) is 5.43. The maximum Gasteiger partial charge on any atom is 0.330 e. The lowest BCUT2D eigenvalue weighted by atomic mass is 10.0. The summed E-state index contributed by atoms with van der Waals surface area (Å²) >= 11 is 0. The smallest absolute Gasteiger partial charge is 0.330 e. The van der Waals surface area contributed by atoms with Crippen LogP contribution in [0.4, 0.5) is 0 Å². The van der Waals surface area contributed by atoms with E-state index in [1.165, 1.54) is 116 Å². The van der Waals surface area contributed by atoms with Gasteiger partial charge in [0.15, 0.2) is 0 Å². The van der Waals surface area contributed by atoms with Crippen LogP contribution >= 0.6 is 0 Å². The number of carbonyl (C=O) groups excluding carboxylic acids is 1. The first-order valence-electron chi connectivity index (χ1n) is 17.7. The maximum absolute atomic E-state index is 12.5.